The van der Waals surface area contributed by atoms with Crippen molar-refractivity contribution in [3.63, 3.8) is 0 Å². The third-order valence-corrected chi connectivity index (χ3v) is 5.44. The minimum absolute atomic E-state index is 0.330. The summed E-state index contributed by atoms with van der Waals surface area (Å²) in [4.78, 5) is 0. The molecule has 3 nitrogen and oxygen atoms in total. The number of methoxy groups -OCH3 is 1. The van der Waals surface area contributed by atoms with Crippen LogP contribution in [0.15, 0.2) is 30.3 Å². The van der Waals surface area contributed by atoms with E-state index in [9.17, 15) is 0 Å². The van der Waals surface area contributed by atoms with Crippen molar-refractivity contribution in [2.45, 2.75) is 72.2 Å². The number of ether oxygens (including phenoxy) is 2. The van der Waals surface area contributed by atoms with Crippen molar-refractivity contribution in [2.24, 2.45) is 0 Å². The molecule has 33 heavy (non-hydrogen) atoms. The summed E-state index contributed by atoms with van der Waals surface area (Å²) in [5.74, 6) is 14.2. The van der Waals surface area contributed by atoms with Crippen LogP contribution in [0.1, 0.15) is 63.6 Å². The van der Waals surface area contributed by atoms with E-state index in [1.807, 2.05) is 5.97 Å². The zero-order valence-electron chi connectivity index (χ0n) is 20.8. The molecule has 3 rings (SSSR count). The van der Waals surface area contributed by atoms with Crippen LogP contribution in [0.5, 0.6) is 11.5 Å². The molecule has 4 heteroatoms. The van der Waals surface area contributed by atoms with Gasteiger partial charge < -0.3 is 9.47 Å². The van der Waals surface area contributed by atoms with Gasteiger partial charge in [0.2, 0.25) is 0 Å². The van der Waals surface area contributed by atoms with Gasteiger partial charge in [-0.05, 0) is 87.9 Å². The lowest BCUT2D eigenvalue weighted by Crippen LogP contribution is -2.29. The first-order valence-corrected chi connectivity index (χ1v) is 11.5. The van der Waals surface area contributed by atoms with Gasteiger partial charge in [-0.2, -0.15) is 0 Å². The van der Waals surface area contributed by atoms with Gasteiger partial charge >= 0.3 is 0 Å². The SMILES string of the molecule is CC#CC#CC[B]C#N.CCCCCc1cc(OC)c2c(c1)OC(C)(C)c1ccc(C)cc1-2. The zero-order chi connectivity index (χ0) is 24.3. The summed E-state index contributed by atoms with van der Waals surface area (Å²) in [5.41, 5.74) is 5.77. The Morgan fingerprint density at radius 3 is 2.58 bits per heavy atom. The first kappa shape index (κ1) is 26.0. The molecule has 1 aliphatic heterocycles. The maximum absolute atomic E-state index is 8.01. The number of fused-ring (bicyclic) bond motifs is 3. The number of aryl methyl sites for hydroxylation is 2. The summed E-state index contributed by atoms with van der Waals surface area (Å²) in [5, 5.41) is 8.01. The average Bonchev–Trinajstić information content (AvgIpc) is 2.78. The Morgan fingerprint density at radius 2 is 1.91 bits per heavy atom. The summed E-state index contributed by atoms with van der Waals surface area (Å²) in [6, 6.07) is 11.0. The van der Waals surface area contributed by atoms with Crippen molar-refractivity contribution >= 4 is 7.28 Å². The van der Waals surface area contributed by atoms with Gasteiger partial charge in [0, 0.05) is 5.56 Å². The maximum atomic E-state index is 8.01. The molecular formula is C29H33BNO2. The fraction of sp³-hybridized carbons (Fsp3) is 0.414. The van der Waals surface area contributed by atoms with Gasteiger partial charge in [0.25, 0.3) is 7.28 Å². The van der Waals surface area contributed by atoms with Gasteiger partial charge in [-0.15, -0.1) is 0 Å². The molecule has 1 radical (unpaired) electrons. The molecule has 0 amide bonds. The van der Waals surface area contributed by atoms with E-state index in [4.69, 9.17) is 14.7 Å². The Hall–Kier alpha value is -3.29. The molecule has 0 N–H and O–H groups in total. The average molecular weight is 438 g/mol. The molecule has 0 spiro atoms. The highest BCUT2D eigenvalue weighted by molar-refractivity contribution is 6.45. The molecule has 0 aromatic heterocycles. The first-order valence-electron chi connectivity index (χ1n) is 11.5. The van der Waals surface area contributed by atoms with E-state index < -0.39 is 0 Å². The number of hydrogen-bond acceptors (Lipinski definition) is 3. The summed E-state index contributed by atoms with van der Waals surface area (Å²) in [6.07, 6.45) is 5.27. The predicted molar refractivity (Wildman–Crippen MR) is 137 cm³/mol. The van der Waals surface area contributed by atoms with Crippen LogP contribution in [-0.4, -0.2) is 14.4 Å². The number of rotatable bonds is 6. The topological polar surface area (TPSA) is 42.2 Å². The van der Waals surface area contributed by atoms with E-state index >= 15 is 0 Å². The number of hydrogen-bond donors (Lipinski definition) is 0. The van der Waals surface area contributed by atoms with E-state index in [0.717, 1.165) is 23.5 Å². The van der Waals surface area contributed by atoms with Crippen molar-refractivity contribution in [2.75, 3.05) is 7.11 Å². The van der Waals surface area contributed by atoms with Crippen molar-refractivity contribution < 1.29 is 9.47 Å². The van der Waals surface area contributed by atoms with Crippen LogP contribution in [-0.2, 0) is 12.0 Å². The molecule has 0 saturated carbocycles. The zero-order valence-corrected chi connectivity index (χ0v) is 20.8. The third-order valence-electron chi connectivity index (χ3n) is 5.44. The van der Waals surface area contributed by atoms with Gasteiger partial charge in [0.1, 0.15) is 17.1 Å². The highest BCUT2D eigenvalue weighted by Crippen LogP contribution is 2.50. The fourth-order valence-corrected chi connectivity index (χ4v) is 3.85. The second-order valence-electron chi connectivity index (χ2n) is 8.50. The molecule has 0 saturated heterocycles. The molecule has 2 aromatic carbocycles. The molecule has 0 aliphatic carbocycles. The standard InChI is InChI=1S/C22H28O2.C7H5BN/c1-6-7-8-9-16-13-19(23-5)21-17-12-15(2)10-11-18(17)22(3,4)24-20(21)14-16;1-2-3-4-5-6-8-7-9/h10-14H,6-9H2,1-5H3;6H2,1H3. The number of nitrogens with zero attached hydrogens (tertiary/aromatic N) is 1. The second kappa shape index (κ2) is 12.7. The smallest absolute Gasteiger partial charge is 0.267 e. The van der Waals surface area contributed by atoms with Gasteiger partial charge in [-0.3, -0.25) is 0 Å². The minimum Gasteiger partial charge on any atom is -0.496 e. The molecule has 1 aliphatic rings. The highest BCUT2D eigenvalue weighted by atomic mass is 16.5. The molecule has 0 fully saturated rings. The number of unbranched alkanes of at least 4 members (excludes halogenated alkanes) is 2. The van der Waals surface area contributed by atoms with Crippen LogP contribution in [0.2, 0.25) is 6.32 Å². The Morgan fingerprint density at radius 1 is 1.12 bits per heavy atom. The molecule has 0 bridgehead atoms. The summed E-state index contributed by atoms with van der Waals surface area (Å²) >= 11 is 0. The van der Waals surface area contributed by atoms with Crippen molar-refractivity contribution in [3.05, 3.63) is 47.0 Å². The molecule has 0 atom stereocenters. The van der Waals surface area contributed by atoms with E-state index in [1.165, 1.54) is 48.8 Å². The van der Waals surface area contributed by atoms with Crippen LogP contribution in [0.4, 0.5) is 0 Å². The largest absolute Gasteiger partial charge is 0.496 e. The third kappa shape index (κ3) is 7.10. The summed E-state index contributed by atoms with van der Waals surface area (Å²) in [6.45, 7) is 10.4. The van der Waals surface area contributed by atoms with E-state index in [1.54, 1.807) is 14.0 Å². The van der Waals surface area contributed by atoms with Crippen molar-refractivity contribution in [1.29, 1.82) is 5.26 Å². The Kier molecular flexibility index (Phi) is 9.98. The molecule has 0 unspecified atom stereocenters. The van der Waals surface area contributed by atoms with E-state index in [-0.39, 0.29) is 5.60 Å². The number of benzene rings is 2. The lowest BCUT2D eigenvalue weighted by Gasteiger charge is -2.36. The van der Waals surface area contributed by atoms with E-state index in [2.05, 4.69) is 81.7 Å². The van der Waals surface area contributed by atoms with Gasteiger partial charge in [-0.1, -0.05) is 55.4 Å². The van der Waals surface area contributed by atoms with Gasteiger partial charge in [0.05, 0.1) is 12.7 Å². The lowest BCUT2D eigenvalue weighted by molar-refractivity contribution is 0.105. The normalized spacial score (nSPS) is 11.9. The Labute approximate surface area is 200 Å². The van der Waals surface area contributed by atoms with Crippen LogP contribution >= 0.6 is 0 Å². The van der Waals surface area contributed by atoms with Crippen LogP contribution < -0.4 is 9.47 Å². The maximum Gasteiger partial charge on any atom is 0.267 e. The molecular weight excluding hydrogens is 405 g/mol. The predicted octanol–water partition coefficient (Wildman–Crippen LogP) is 6.65. The Bertz CT molecular complexity index is 1120. The molecule has 1 heterocycles. The highest BCUT2D eigenvalue weighted by Gasteiger charge is 2.34. The van der Waals surface area contributed by atoms with Crippen molar-refractivity contribution in [1.82, 2.24) is 0 Å². The van der Waals surface area contributed by atoms with Crippen LogP contribution in [0.25, 0.3) is 11.1 Å². The quantitative estimate of drug-likeness (QED) is 0.288. The lowest BCUT2D eigenvalue weighted by atomic mass is 9.78. The minimum atomic E-state index is -0.330. The van der Waals surface area contributed by atoms with Crippen LogP contribution in [0.3, 0.4) is 0 Å². The monoisotopic (exact) mass is 438 g/mol. The first-order chi connectivity index (χ1) is 15.9. The fourth-order valence-electron chi connectivity index (χ4n) is 3.85. The van der Waals surface area contributed by atoms with Gasteiger partial charge in [0.15, 0.2) is 0 Å². The summed E-state index contributed by atoms with van der Waals surface area (Å²) in [7, 11) is 3.19. The Balaban J connectivity index is 0.000000365. The second-order valence-corrected chi connectivity index (χ2v) is 8.50. The summed E-state index contributed by atoms with van der Waals surface area (Å²) < 4.78 is 12.1. The number of nitriles is 1. The van der Waals surface area contributed by atoms with Crippen molar-refractivity contribution in [3.8, 4) is 52.3 Å². The van der Waals surface area contributed by atoms with Crippen LogP contribution in [0, 0.1) is 41.8 Å². The van der Waals surface area contributed by atoms with E-state index in [0.29, 0.717) is 6.32 Å². The molecule has 2 aromatic rings. The molecule has 169 valence electrons. The van der Waals surface area contributed by atoms with Gasteiger partial charge in [-0.25, -0.2) is 5.26 Å².